The van der Waals surface area contributed by atoms with Crippen LogP contribution in [0.15, 0.2) is 24.3 Å². The lowest BCUT2D eigenvalue weighted by Gasteiger charge is -2.19. The minimum Gasteiger partial charge on any atom is -0.344 e. The van der Waals surface area contributed by atoms with E-state index in [0.717, 1.165) is 22.8 Å². The topological polar surface area (TPSA) is 83.8 Å². The fraction of sp³-hybridized carbons (Fsp3) is 0.400. The zero-order valence-corrected chi connectivity index (χ0v) is 12.7. The van der Waals surface area contributed by atoms with Crippen molar-refractivity contribution in [3.8, 4) is 11.3 Å². The molecule has 21 heavy (non-hydrogen) atoms. The monoisotopic (exact) mass is 288 g/mol. The molecule has 2 rings (SSSR count). The van der Waals surface area contributed by atoms with Gasteiger partial charge in [0.25, 0.3) is 5.69 Å². The van der Waals surface area contributed by atoms with Crippen LogP contribution in [-0.4, -0.2) is 20.4 Å². The normalized spacial score (nSPS) is 11.6. The fourth-order valence-electron chi connectivity index (χ4n) is 2.00. The summed E-state index contributed by atoms with van der Waals surface area (Å²) in [5.74, 6) is 0.823. The highest BCUT2D eigenvalue weighted by Gasteiger charge is 2.14. The number of aromatic nitrogens is 2. The van der Waals surface area contributed by atoms with Gasteiger partial charge < -0.3 is 10.3 Å². The summed E-state index contributed by atoms with van der Waals surface area (Å²) in [6.07, 6.45) is 0. The maximum absolute atomic E-state index is 10.9. The van der Waals surface area contributed by atoms with Crippen LogP contribution in [0.1, 0.15) is 32.3 Å². The molecule has 1 heterocycles. The molecule has 6 nitrogen and oxygen atoms in total. The Morgan fingerprint density at radius 2 is 2.10 bits per heavy atom. The number of hydrogen-bond donors (Lipinski definition) is 2. The van der Waals surface area contributed by atoms with Gasteiger partial charge in [0.05, 0.1) is 17.2 Å². The standard InChI is InChI=1S/C15H20N4O2/c1-10-14(11-6-5-7-12(8-11)19(20)21)18-13(17-10)9-16-15(2,3)4/h5-8,16H,9H2,1-4H3,(H,17,18). The molecule has 0 aliphatic rings. The van der Waals surface area contributed by atoms with Crippen LogP contribution < -0.4 is 5.32 Å². The Hall–Kier alpha value is -2.21. The SMILES string of the molecule is Cc1[nH]c(CNC(C)(C)C)nc1-c1cccc([N+](=O)[O-])c1. The van der Waals surface area contributed by atoms with Crippen LogP contribution in [0.4, 0.5) is 5.69 Å². The predicted octanol–water partition coefficient (Wildman–Crippen LogP) is 3.18. The molecule has 1 aromatic heterocycles. The Kier molecular flexibility index (Phi) is 4.09. The lowest BCUT2D eigenvalue weighted by Crippen LogP contribution is -2.35. The molecular weight excluding hydrogens is 268 g/mol. The first-order valence-corrected chi connectivity index (χ1v) is 6.81. The van der Waals surface area contributed by atoms with Gasteiger partial charge in [-0.05, 0) is 27.7 Å². The highest BCUT2D eigenvalue weighted by Crippen LogP contribution is 2.25. The quantitative estimate of drug-likeness (QED) is 0.668. The summed E-state index contributed by atoms with van der Waals surface area (Å²) in [4.78, 5) is 18.2. The van der Waals surface area contributed by atoms with E-state index in [1.807, 2.05) is 13.0 Å². The van der Waals surface area contributed by atoms with E-state index in [1.165, 1.54) is 6.07 Å². The predicted molar refractivity (Wildman–Crippen MR) is 82.0 cm³/mol. The molecule has 0 saturated heterocycles. The maximum atomic E-state index is 10.9. The van der Waals surface area contributed by atoms with Gasteiger partial charge in [-0.1, -0.05) is 12.1 Å². The van der Waals surface area contributed by atoms with Crippen LogP contribution in [0, 0.1) is 17.0 Å². The Morgan fingerprint density at radius 3 is 2.71 bits per heavy atom. The minimum atomic E-state index is -0.395. The van der Waals surface area contributed by atoms with E-state index < -0.39 is 4.92 Å². The second-order valence-corrected chi connectivity index (χ2v) is 6.07. The van der Waals surface area contributed by atoms with Gasteiger partial charge in [-0.3, -0.25) is 10.1 Å². The molecular formula is C15H20N4O2. The Labute approximate surface area is 123 Å². The van der Waals surface area contributed by atoms with Gasteiger partial charge in [-0.2, -0.15) is 0 Å². The number of non-ortho nitro benzene ring substituents is 1. The van der Waals surface area contributed by atoms with Crippen molar-refractivity contribution in [2.45, 2.75) is 39.8 Å². The number of nitro benzene ring substituents is 1. The van der Waals surface area contributed by atoms with Crippen molar-refractivity contribution in [3.63, 3.8) is 0 Å². The molecule has 0 spiro atoms. The van der Waals surface area contributed by atoms with Gasteiger partial charge in [0.1, 0.15) is 5.82 Å². The Balaban J connectivity index is 2.27. The van der Waals surface area contributed by atoms with Crippen molar-refractivity contribution in [3.05, 3.63) is 45.9 Å². The molecule has 0 unspecified atom stereocenters. The summed E-state index contributed by atoms with van der Waals surface area (Å²) in [7, 11) is 0. The summed E-state index contributed by atoms with van der Waals surface area (Å²) < 4.78 is 0. The molecule has 0 radical (unpaired) electrons. The number of nitrogens with zero attached hydrogens (tertiary/aromatic N) is 2. The van der Waals surface area contributed by atoms with Crippen LogP contribution >= 0.6 is 0 Å². The summed E-state index contributed by atoms with van der Waals surface area (Å²) >= 11 is 0. The Morgan fingerprint density at radius 1 is 1.38 bits per heavy atom. The maximum Gasteiger partial charge on any atom is 0.270 e. The molecule has 0 saturated carbocycles. The minimum absolute atomic E-state index is 0.00634. The number of aromatic amines is 1. The van der Waals surface area contributed by atoms with Crippen LogP contribution in [0.2, 0.25) is 0 Å². The summed E-state index contributed by atoms with van der Waals surface area (Å²) in [5.41, 5.74) is 2.49. The van der Waals surface area contributed by atoms with E-state index in [4.69, 9.17) is 0 Å². The van der Waals surface area contributed by atoms with Crippen molar-refractivity contribution >= 4 is 5.69 Å². The lowest BCUT2D eigenvalue weighted by molar-refractivity contribution is -0.384. The number of nitro groups is 1. The van der Waals surface area contributed by atoms with Gasteiger partial charge >= 0.3 is 0 Å². The van der Waals surface area contributed by atoms with E-state index in [2.05, 4.69) is 36.1 Å². The van der Waals surface area contributed by atoms with E-state index >= 15 is 0 Å². The average molecular weight is 288 g/mol. The van der Waals surface area contributed by atoms with Crippen LogP contribution in [0.5, 0.6) is 0 Å². The van der Waals surface area contributed by atoms with E-state index in [-0.39, 0.29) is 11.2 Å². The second-order valence-electron chi connectivity index (χ2n) is 6.07. The molecule has 2 N–H and O–H groups in total. The molecule has 0 atom stereocenters. The summed E-state index contributed by atoms with van der Waals surface area (Å²) in [6, 6.07) is 6.53. The molecule has 0 amide bonds. The number of rotatable bonds is 4. The molecule has 112 valence electrons. The van der Waals surface area contributed by atoms with Gasteiger partial charge in [0, 0.05) is 28.9 Å². The summed E-state index contributed by atoms with van der Waals surface area (Å²) in [6.45, 7) is 8.81. The van der Waals surface area contributed by atoms with Crippen molar-refractivity contribution < 1.29 is 4.92 Å². The number of nitrogens with one attached hydrogen (secondary N) is 2. The molecule has 2 aromatic rings. The van der Waals surface area contributed by atoms with Gasteiger partial charge in [0.2, 0.25) is 0 Å². The third kappa shape index (κ3) is 3.88. The smallest absolute Gasteiger partial charge is 0.270 e. The van der Waals surface area contributed by atoms with E-state index in [9.17, 15) is 10.1 Å². The van der Waals surface area contributed by atoms with Crippen LogP contribution in [0.3, 0.4) is 0 Å². The molecule has 0 aliphatic heterocycles. The van der Waals surface area contributed by atoms with Crippen molar-refractivity contribution in [1.29, 1.82) is 0 Å². The highest BCUT2D eigenvalue weighted by atomic mass is 16.6. The highest BCUT2D eigenvalue weighted by molar-refractivity contribution is 5.64. The average Bonchev–Trinajstić information content (AvgIpc) is 2.77. The number of imidazole rings is 1. The zero-order chi connectivity index (χ0) is 15.6. The Bertz CT molecular complexity index is 656. The molecule has 0 aliphatic carbocycles. The van der Waals surface area contributed by atoms with E-state index in [1.54, 1.807) is 12.1 Å². The summed E-state index contributed by atoms with van der Waals surface area (Å²) in [5, 5.41) is 14.2. The first-order chi connectivity index (χ1) is 9.76. The number of benzene rings is 1. The number of hydrogen-bond acceptors (Lipinski definition) is 4. The van der Waals surface area contributed by atoms with E-state index in [0.29, 0.717) is 6.54 Å². The third-order valence-electron chi connectivity index (χ3n) is 3.05. The molecule has 6 heteroatoms. The second kappa shape index (κ2) is 5.65. The first kappa shape index (κ1) is 15.2. The largest absolute Gasteiger partial charge is 0.344 e. The van der Waals surface area contributed by atoms with Crippen LogP contribution in [-0.2, 0) is 6.54 Å². The van der Waals surface area contributed by atoms with Gasteiger partial charge in [-0.25, -0.2) is 4.98 Å². The van der Waals surface area contributed by atoms with Crippen LogP contribution in [0.25, 0.3) is 11.3 Å². The van der Waals surface area contributed by atoms with Crippen molar-refractivity contribution in [2.24, 2.45) is 0 Å². The number of H-pyrrole nitrogens is 1. The van der Waals surface area contributed by atoms with Crippen molar-refractivity contribution in [2.75, 3.05) is 0 Å². The third-order valence-corrected chi connectivity index (χ3v) is 3.05. The zero-order valence-electron chi connectivity index (χ0n) is 12.7. The van der Waals surface area contributed by atoms with Gasteiger partial charge in [-0.15, -0.1) is 0 Å². The first-order valence-electron chi connectivity index (χ1n) is 6.81. The number of aryl methyl sites for hydroxylation is 1. The molecule has 0 bridgehead atoms. The lowest BCUT2D eigenvalue weighted by atomic mass is 10.1. The fourth-order valence-corrected chi connectivity index (χ4v) is 2.00. The molecule has 0 fully saturated rings. The van der Waals surface area contributed by atoms with Gasteiger partial charge in [0.15, 0.2) is 0 Å². The van der Waals surface area contributed by atoms with Crippen molar-refractivity contribution in [1.82, 2.24) is 15.3 Å². The molecule has 1 aromatic carbocycles.